The maximum absolute atomic E-state index is 6.35. The number of hydrogen-bond donors (Lipinski definition) is 0. The van der Waals surface area contributed by atoms with Crippen LogP contribution in [0.25, 0.3) is 89.0 Å². The number of fused-ring (bicyclic) bond motifs is 7. The Kier molecular flexibility index (Phi) is 5.74. The van der Waals surface area contributed by atoms with Crippen LogP contribution in [-0.2, 0) is 0 Å². The van der Waals surface area contributed by atoms with Crippen molar-refractivity contribution in [1.29, 1.82) is 0 Å². The first-order chi connectivity index (χ1) is 22.3. The lowest BCUT2D eigenvalue weighted by atomic mass is 9.95. The monoisotopic (exact) mass is 576 g/mol. The van der Waals surface area contributed by atoms with Crippen LogP contribution in [0.5, 0.6) is 0 Å². The lowest BCUT2D eigenvalue weighted by molar-refractivity contribution is 0.669. The Bertz CT molecular complexity index is 2470. The molecule has 5 heteroatoms. The number of aromatic nitrogens is 4. The molecule has 5 nitrogen and oxygen atoms in total. The number of benzene rings is 6. The van der Waals surface area contributed by atoms with E-state index in [4.69, 9.17) is 24.4 Å². The Morgan fingerprint density at radius 2 is 0.933 bits per heavy atom. The van der Waals surface area contributed by atoms with Crippen molar-refractivity contribution in [1.82, 2.24) is 19.9 Å². The summed E-state index contributed by atoms with van der Waals surface area (Å²) in [5.74, 6) is 1.87. The zero-order valence-corrected chi connectivity index (χ0v) is 24.1. The highest BCUT2D eigenvalue weighted by atomic mass is 16.3. The molecule has 9 rings (SSSR count). The van der Waals surface area contributed by atoms with Gasteiger partial charge in [-0.05, 0) is 36.4 Å². The quantitative estimate of drug-likeness (QED) is 0.195. The number of para-hydroxylation sites is 1. The van der Waals surface area contributed by atoms with Crippen molar-refractivity contribution in [3.63, 3.8) is 0 Å². The van der Waals surface area contributed by atoms with E-state index in [1.165, 1.54) is 0 Å². The number of furan rings is 1. The standard InChI is InChI=1S/C40H24N4O/c1-4-12-25(13-5-1)37-30-21-23-34-36(29-18-10-11-19-33(29)45-34)35(30)31-24-28(20-22-32(31)41-37)40-43-38(26-14-6-2-7-15-26)42-39(44-40)27-16-8-3-9-17-27/h1-24H. The van der Waals surface area contributed by atoms with E-state index >= 15 is 0 Å². The summed E-state index contributed by atoms with van der Waals surface area (Å²) in [5.41, 5.74) is 7.37. The van der Waals surface area contributed by atoms with Gasteiger partial charge in [0.15, 0.2) is 17.5 Å². The number of rotatable bonds is 4. The van der Waals surface area contributed by atoms with Gasteiger partial charge in [0, 0.05) is 49.2 Å². The van der Waals surface area contributed by atoms with Gasteiger partial charge in [0.2, 0.25) is 0 Å². The van der Waals surface area contributed by atoms with E-state index in [-0.39, 0.29) is 0 Å². The molecule has 0 fully saturated rings. The van der Waals surface area contributed by atoms with Gasteiger partial charge < -0.3 is 4.42 Å². The van der Waals surface area contributed by atoms with Crippen LogP contribution in [0.3, 0.4) is 0 Å². The minimum atomic E-state index is 0.606. The molecule has 3 aromatic heterocycles. The molecule has 210 valence electrons. The topological polar surface area (TPSA) is 64.7 Å². The molecule has 0 saturated heterocycles. The van der Waals surface area contributed by atoms with Gasteiger partial charge in [0.05, 0.1) is 11.2 Å². The van der Waals surface area contributed by atoms with Crippen LogP contribution in [0, 0.1) is 0 Å². The van der Waals surface area contributed by atoms with E-state index < -0.39 is 0 Å². The van der Waals surface area contributed by atoms with E-state index in [1.54, 1.807) is 0 Å². The third-order valence-electron chi connectivity index (χ3n) is 8.30. The lowest BCUT2D eigenvalue weighted by Crippen LogP contribution is -2.00. The van der Waals surface area contributed by atoms with E-state index in [2.05, 4.69) is 66.7 Å². The van der Waals surface area contributed by atoms with Crippen LogP contribution in [0.2, 0.25) is 0 Å². The normalized spacial score (nSPS) is 11.6. The van der Waals surface area contributed by atoms with Crippen LogP contribution < -0.4 is 0 Å². The zero-order chi connectivity index (χ0) is 29.7. The zero-order valence-electron chi connectivity index (χ0n) is 24.1. The van der Waals surface area contributed by atoms with Gasteiger partial charge in [0.25, 0.3) is 0 Å². The third-order valence-corrected chi connectivity index (χ3v) is 8.30. The maximum Gasteiger partial charge on any atom is 0.164 e. The van der Waals surface area contributed by atoms with Crippen molar-refractivity contribution in [2.24, 2.45) is 0 Å². The van der Waals surface area contributed by atoms with Gasteiger partial charge in [-0.2, -0.15) is 0 Å². The molecular formula is C40H24N4O. The van der Waals surface area contributed by atoms with E-state index in [0.29, 0.717) is 17.5 Å². The van der Waals surface area contributed by atoms with E-state index in [9.17, 15) is 0 Å². The second kappa shape index (κ2) is 10.2. The van der Waals surface area contributed by atoms with Crippen LogP contribution in [0.15, 0.2) is 150 Å². The molecule has 0 aliphatic rings. The summed E-state index contributed by atoms with van der Waals surface area (Å²) in [6, 6.07) is 49.2. The van der Waals surface area contributed by atoms with Gasteiger partial charge >= 0.3 is 0 Å². The molecule has 0 saturated carbocycles. The fourth-order valence-electron chi connectivity index (χ4n) is 6.20. The van der Waals surface area contributed by atoms with Crippen LogP contribution in [0.4, 0.5) is 0 Å². The summed E-state index contributed by atoms with van der Waals surface area (Å²) in [7, 11) is 0. The summed E-state index contributed by atoms with van der Waals surface area (Å²) in [5, 5.41) is 5.34. The summed E-state index contributed by atoms with van der Waals surface area (Å²) < 4.78 is 6.35. The molecule has 45 heavy (non-hydrogen) atoms. The Hall–Kier alpha value is -6.20. The van der Waals surface area contributed by atoms with E-state index in [1.807, 2.05) is 78.9 Å². The molecule has 0 amide bonds. The summed E-state index contributed by atoms with van der Waals surface area (Å²) >= 11 is 0. The maximum atomic E-state index is 6.35. The minimum Gasteiger partial charge on any atom is -0.456 e. The first kappa shape index (κ1) is 25.3. The highest BCUT2D eigenvalue weighted by molar-refractivity contribution is 6.28. The van der Waals surface area contributed by atoms with Crippen LogP contribution >= 0.6 is 0 Å². The molecule has 0 radical (unpaired) electrons. The van der Waals surface area contributed by atoms with Crippen molar-refractivity contribution < 1.29 is 4.42 Å². The first-order valence-electron chi connectivity index (χ1n) is 14.9. The predicted molar refractivity (Wildman–Crippen MR) is 182 cm³/mol. The molecule has 0 N–H and O–H groups in total. The third kappa shape index (κ3) is 4.25. The van der Waals surface area contributed by atoms with Crippen molar-refractivity contribution >= 4 is 43.6 Å². The SMILES string of the molecule is c1ccc(-c2nc(-c3ccccc3)nc(-c3ccc4nc(-c5ccccc5)c5ccc6oc7ccccc7c6c5c4c3)n2)cc1. The fraction of sp³-hybridized carbons (Fsp3) is 0. The second-order valence-electron chi connectivity index (χ2n) is 11.1. The lowest BCUT2D eigenvalue weighted by Gasteiger charge is -2.13. The molecule has 6 aromatic carbocycles. The highest BCUT2D eigenvalue weighted by Gasteiger charge is 2.19. The molecular weight excluding hydrogens is 552 g/mol. The average molecular weight is 577 g/mol. The van der Waals surface area contributed by atoms with Crippen LogP contribution in [-0.4, -0.2) is 19.9 Å². The van der Waals surface area contributed by atoms with Crippen molar-refractivity contribution in [3.8, 4) is 45.4 Å². The molecule has 0 unspecified atom stereocenters. The Balaban J connectivity index is 1.36. The number of hydrogen-bond acceptors (Lipinski definition) is 5. The largest absolute Gasteiger partial charge is 0.456 e. The smallest absolute Gasteiger partial charge is 0.164 e. The second-order valence-corrected chi connectivity index (χ2v) is 11.1. The summed E-state index contributed by atoms with van der Waals surface area (Å²) in [6.45, 7) is 0. The summed E-state index contributed by atoms with van der Waals surface area (Å²) in [4.78, 5) is 20.1. The highest BCUT2D eigenvalue weighted by Crippen LogP contribution is 2.42. The molecule has 0 spiro atoms. The minimum absolute atomic E-state index is 0.606. The van der Waals surface area contributed by atoms with Gasteiger partial charge in [-0.15, -0.1) is 0 Å². The molecule has 0 bridgehead atoms. The van der Waals surface area contributed by atoms with Crippen molar-refractivity contribution in [2.75, 3.05) is 0 Å². The summed E-state index contributed by atoms with van der Waals surface area (Å²) in [6.07, 6.45) is 0. The fourth-order valence-corrected chi connectivity index (χ4v) is 6.20. The van der Waals surface area contributed by atoms with Gasteiger partial charge in [-0.3, -0.25) is 0 Å². The Labute approximate surface area is 258 Å². The first-order valence-corrected chi connectivity index (χ1v) is 14.9. The van der Waals surface area contributed by atoms with Gasteiger partial charge in [-0.25, -0.2) is 19.9 Å². The molecule has 0 atom stereocenters. The Morgan fingerprint density at radius 3 is 1.60 bits per heavy atom. The van der Waals surface area contributed by atoms with Gasteiger partial charge in [-0.1, -0.05) is 109 Å². The molecule has 0 aliphatic heterocycles. The van der Waals surface area contributed by atoms with E-state index in [0.717, 1.165) is 71.6 Å². The molecule has 9 aromatic rings. The Morgan fingerprint density at radius 1 is 0.356 bits per heavy atom. The van der Waals surface area contributed by atoms with Crippen molar-refractivity contribution in [2.45, 2.75) is 0 Å². The van der Waals surface area contributed by atoms with Gasteiger partial charge in [0.1, 0.15) is 11.2 Å². The number of pyridine rings is 1. The average Bonchev–Trinajstić information content (AvgIpc) is 3.51. The molecule has 0 aliphatic carbocycles. The number of nitrogens with zero attached hydrogens (tertiary/aromatic N) is 4. The van der Waals surface area contributed by atoms with Crippen LogP contribution in [0.1, 0.15) is 0 Å². The molecule has 3 heterocycles. The van der Waals surface area contributed by atoms with Crippen molar-refractivity contribution in [3.05, 3.63) is 146 Å². The predicted octanol–water partition coefficient (Wildman–Crippen LogP) is 10.1.